The first-order chi connectivity index (χ1) is 10.1. The van der Waals surface area contributed by atoms with E-state index in [1.54, 1.807) is 7.11 Å². The molecule has 1 aliphatic rings. The lowest BCUT2D eigenvalue weighted by Crippen LogP contribution is -2.30. The van der Waals surface area contributed by atoms with Gasteiger partial charge in [0.1, 0.15) is 10.7 Å². The number of ether oxygens (including phenoxy) is 2. The Hall–Kier alpha value is -1.17. The Balaban J connectivity index is 1.98. The van der Waals surface area contributed by atoms with Crippen molar-refractivity contribution in [1.82, 2.24) is 4.90 Å². The fourth-order valence-electron chi connectivity index (χ4n) is 2.81. The zero-order chi connectivity index (χ0) is 15.2. The van der Waals surface area contributed by atoms with Gasteiger partial charge in [0, 0.05) is 19.7 Å². The highest BCUT2D eigenvalue weighted by Gasteiger charge is 2.16. The van der Waals surface area contributed by atoms with Crippen LogP contribution in [0.5, 0.6) is 5.75 Å². The van der Waals surface area contributed by atoms with Crippen LogP contribution in [0.4, 0.5) is 0 Å². The topological polar surface area (TPSA) is 47.7 Å². The fourth-order valence-corrected chi connectivity index (χ4v) is 2.97. The van der Waals surface area contributed by atoms with Crippen molar-refractivity contribution >= 4 is 17.2 Å². The van der Waals surface area contributed by atoms with E-state index in [1.807, 2.05) is 12.1 Å². The van der Waals surface area contributed by atoms with Gasteiger partial charge in [-0.3, -0.25) is 0 Å². The van der Waals surface area contributed by atoms with Crippen molar-refractivity contribution in [2.75, 3.05) is 33.9 Å². The third kappa shape index (κ3) is 4.66. The predicted octanol–water partition coefficient (Wildman–Crippen LogP) is 2.19. The molecule has 0 amide bonds. The number of thiocarbonyl (C=S) groups is 1. The van der Waals surface area contributed by atoms with E-state index in [-0.39, 0.29) is 0 Å². The van der Waals surface area contributed by atoms with Crippen molar-refractivity contribution in [2.24, 2.45) is 11.7 Å². The van der Waals surface area contributed by atoms with Crippen molar-refractivity contribution < 1.29 is 9.47 Å². The van der Waals surface area contributed by atoms with Gasteiger partial charge in [-0.25, -0.2) is 0 Å². The molecule has 1 heterocycles. The van der Waals surface area contributed by atoms with Crippen molar-refractivity contribution in [3.05, 3.63) is 29.3 Å². The molecule has 0 aliphatic carbocycles. The summed E-state index contributed by atoms with van der Waals surface area (Å²) in [5.41, 5.74) is 7.76. The number of methoxy groups -OCH3 is 1. The lowest BCUT2D eigenvalue weighted by Gasteiger charge is -2.27. The second kappa shape index (κ2) is 7.73. The van der Waals surface area contributed by atoms with Gasteiger partial charge >= 0.3 is 0 Å². The van der Waals surface area contributed by atoms with Crippen molar-refractivity contribution in [3.63, 3.8) is 0 Å². The maximum absolute atomic E-state index is 5.76. The van der Waals surface area contributed by atoms with E-state index in [0.717, 1.165) is 37.6 Å². The molecule has 1 atom stereocenters. The molecule has 116 valence electrons. The third-order valence-corrected chi connectivity index (χ3v) is 4.03. The SMILES string of the molecule is COc1ccc(CN(C)CC2CCCOC2)cc1C(N)=S. The summed E-state index contributed by atoms with van der Waals surface area (Å²) in [6, 6.07) is 6.02. The van der Waals surface area contributed by atoms with Crippen LogP contribution in [0.3, 0.4) is 0 Å². The first-order valence-electron chi connectivity index (χ1n) is 7.33. The van der Waals surface area contributed by atoms with E-state index < -0.39 is 0 Å². The van der Waals surface area contributed by atoms with Crippen LogP contribution in [0.25, 0.3) is 0 Å². The molecular weight excluding hydrogens is 284 g/mol. The minimum atomic E-state index is 0.372. The predicted molar refractivity (Wildman–Crippen MR) is 88.8 cm³/mol. The first kappa shape index (κ1) is 16.2. The molecule has 1 aromatic rings. The van der Waals surface area contributed by atoms with Crippen LogP contribution in [0.2, 0.25) is 0 Å². The number of hydrogen-bond donors (Lipinski definition) is 1. The molecule has 0 bridgehead atoms. The van der Waals surface area contributed by atoms with Crippen LogP contribution in [0.1, 0.15) is 24.0 Å². The summed E-state index contributed by atoms with van der Waals surface area (Å²) in [6.45, 7) is 3.71. The quantitative estimate of drug-likeness (QED) is 0.816. The molecule has 1 aromatic carbocycles. The van der Waals surface area contributed by atoms with Crippen molar-refractivity contribution in [3.8, 4) is 5.75 Å². The smallest absolute Gasteiger partial charge is 0.129 e. The van der Waals surface area contributed by atoms with Gasteiger partial charge in [0.05, 0.1) is 19.3 Å². The summed E-state index contributed by atoms with van der Waals surface area (Å²) < 4.78 is 10.8. The van der Waals surface area contributed by atoms with Crippen LogP contribution in [0.15, 0.2) is 18.2 Å². The highest BCUT2D eigenvalue weighted by Crippen LogP contribution is 2.21. The number of nitrogens with zero attached hydrogens (tertiary/aromatic N) is 1. The highest BCUT2D eigenvalue weighted by molar-refractivity contribution is 7.80. The zero-order valence-corrected chi connectivity index (χ0v) is 13.6. The largest absolute Gasteiger partial charge is 0.496 e. The fraction of sp³-hybridized carbons (Fsp3) is 0.562. The van der Waals surface area contributed by atoms with Crippen LogP contribution in [-0.2, 0) is 11.3 Å². The van der Waals surface area contributed by atoms with Gasteiger partial charge in [0.15, 0.2) is 0 Å². The monoisotopic (exact) mass is 308 g/mol. The minimum Gasteiger partial charge on any atom is -0.496 e. The van der Waals surface area contributed by atoms with Crippen molar-refractivity contribution in [1.29, 1.82) is 0 Å². The van der Waals surface area contributed by atoms with E-state index >= 15 is 0 Å². The molecule has 2 N–H and O–H groups in total. The molecule has 1 unspecified atom stereocenters. The maximum atomic E-state index is 5.76. The van der Waals surface area contributed by atoms with E-state index in [2.05, 4.69) is 18.0 Å². The molecule has 0 saturated carbocycles. The summed E-state index contributed by atoms with van der Waals surface area (Å²) in [5, 5.41) is 0. The molecule has 1 aliphatic heterocycles. The molecule has 21 heavy (non-hydrogen) atoms. The minimum absolute atomic E-state index is 0.372. The van der Waals surface area contributed by atoms with Crippen LogP contribution in [-0.4, -0.2) is 43.8 Å². The summed E-state index contributed by atoms with van der Waals surface area (Å²) in [5.74, 6) is 1.37. The van der Waals surface area contributed by atoms with Crippen LogP contribution >= 0.6 is 12.2 Å². The summed E-state index contributed by atoms with van der Waals surface area (Å²) in [4.78, 5) is 2.70. The number of benzene rings is 1. The Morgan fingerprint density at radius 2 is 2.33 bits per heavy atom. The normalized spacial score (nSPS) is 18.7. The van der Waals surface area contributed by atoms with E-state index in [9.17, 15) is 0 Å². The standard InChI is InChI=1S/C16H24N2O2S/c1-18(10-13-4-3-7-20-11-13)9-12-5-6-15(19-2)14(8-12)16(17)21/h5-6,8,13H,3-4,7,9-11H2,1-2H3,(H2,17,21). The van der Waals surface area contributed by atoms with Crippen LogP contribution in [0, 0.1) is 5.92 Å². The summed E-state index contributed by atoms with van der Waals surface area (Å²) in [6.07, 6.45) is 2.43. The average Bonchev–Trinajstić information content (AvgIpc) is 2.48. The average molecular weight is 308 g/mol. The highest BCUT2D eigenvalue weighted by atomic mass is 32.1. The van der Waals surface area contributed by atoms with Gasteiger partial charge in [-0.1, -0.05) is 18.3 Å². The van der Waals surface area contributed by atoms with E-state index in [0.29, 0.717) is 10.9 Å². The Labute approximate surface area is 132 Å². The van der Waals surface area contributed by atoms with Gasteiger partial charge in [0.2, 0.25) is 0 Å². The molecule has 1 saturated heterocycles. The Kier molecular flexibility index (Phi) is 5.96. The molecule has 1 fully saturated rings. The van der Waals surface area contributed by atoms with E-state index in [1.165, 1.54) is 18.4 Å². The van der Waals surface area contributed by atoms with E-state index in [4.69, 9.17) is 27.4 Å². The Morgan fingerprint density at radius 1 is 1.52 bits per heavy atom. The second-order valence-electron chi connectivity index (χ2n) is 5.68. The Morgan fingerprint density at radius 3 is 2.95 bits per heavy atom. The van der Waals surface area contributed by atoms with Gasteiger partial charge in [-0.05, 0) is 43.5 Å². The molecule has 0 spiro atoms. The van der Waals surface area contributed by atoms with Crippen LogP contribution < -0.4 is 10.5 Å². The van der Waals surface area contributed by atoms with Gasteiger partial charge in [-0.15, -0.1) is 0 Å². The summed E-state index contributed by atoms with van der Waals surface area (Å²) >= 11 is 5.09. The van der Waals surface area contributed by atoms with Gasteiger partial charge in [0.25, 0.3) is 0 Å². The molecule has 5 heteroatoms. The number of hydrogen-bond acceptors (Lipinski definition) is 4. The maximum Gasteiger partial charge on any atom is 0.129 e. The molecular formula is C16H24N2O2S. The number of rotatable bonds is 6. The Bertz CT molecular complexity index is 487. The first-order valence-corrected chi connectivity index (χ1v) is 7.74. The summed E-state index contributed by atoms with van der Waals surface area (Å²) in [7, 11) is 3.77. The van der Waals surface area contributed by atoms with Gasteiger partial charge < -0.3 is 20.1 Å². The number of nitrogens with two attached hydrogens (primary N) is 1. The molecule has 0 radical (unpaired) electrons. The van der Waals surface area contributed by atoms with Crippen molar-refractivity contribution in [2.45, 2.75) is 19.4 Å². The lowest BCUT2D eigenvalue weighted by atomic mass is 10.0. The lowest BCUT2D eigenvalue weighted by molar-refractivity contribution is 0.0411. The third-order valence-electron chi connectivity index (χ3n) is 3.81. The molecule has 0 aromatic heterocycles. The molecule has 2 rings (SSSR count). The second-order valence-corrected chi connectivity index (χ2v) is 6.12. The zero-order valence-electron chi connectivity index (χ0n) is 12.8. The molecule has 4 nitrogen and oxygen atoms in total. The van der Waals surface area contributed by atoms with Gasteiger partial charge in [-0.2, -0.15) is 0 Å².